The summed E-state index contributed by atoms with van der Waals surface area (Å²) in [6.45, 7) is 0. The van der Waals surface area contributed by atoms with Crippen molar-refractivity contribution in [2.45, 2.75) is 0 Å². The second kappa shape index (κ2) is 5.30. The molecule has 0 amide bonds. The van der Waals surface area contributed by atoms with Crippen molar-refractivity contribution in [3.8, 4) is 0 Å². The second-order valence-corrected chi connectivity index (χ2v) is 1.71. The van der Waals surface area contributed by atoms with E-state index in [9.17, 15) is 0 Å². The van der Waals surface area contributed by atoms with Crippen LogP contribution in [0.5, 0.6) is 0 Å². The van der Waals surface area contributed by atoms with Gasteiger partial charge in [0.15, 0.2) is 0 Å². The van der Waals surface area contributed by atoms with Crippen LogP contribution >= 0.6 is 0 Å². The summed E-state index contributed by atoms with van der Waals surface area (Å²) in [7, 11) is 0. The first-order chi connectivity index (χ1) is 2.00. The zero-order valence-corrected chi connectivity index (χ0v) is 4.83. The van der Waals surface area contributed by atoms with E-state index in [1.165, 1.54) is 0 Å². The van der Waals surface area contributed by atoms with Crippen molar-refractivity contribution in [1.82, 2.24) is 0 Å². The topological polar surface area (TPSA) is 74.6 Å². The van der Waals surface area contributed by atoms with Gasteiger partial charge in [0.25, 0.3) is 0 Å². The van der Waals surface area contributed by atoms with Crippen LogP contribution in [0.4, 0.5) is 0 Å². The van der Waals surface area contributed by atoms with Crippen LogP contribution < -0.4 is 0 Å². The third kappa shape index (κ3) is 142. The fraction of sp³-hybridized carbons (Fsp3) is 0. The van der Waals surface area contributed by atoms with E-state index >= 15 is 0 Å². The summed E-state index contributed by atoms with van der Waals surface area (Å²) in [4.78, 5) is 0. The normalized spacial score (nSPS) is 8.29. The van der Waals surface area contributed by atoms with Gasteiger partial charge in [-0.1, -0.05) is 0 Å². The van der Waals surface area contributed by atoms with Gasteiger partial charge in [-0.25, -0.2) is 0 Å². The Morgan fingerprint density at radius 3 is 1.14 bits per heavy atom. The van der Waals surface area contributed by atoms with Crippen molar-refractivity contribution in [3.05, 3.63) is 0 Å². The number of hydrogen-bond donors (Lipinski definition) is 2. The molecule has 0 atom stereocenters. The van der Waals surface area contributed by atoms with Crippen molar-refractivity contribution < 1.29 is 46.5 Å². The molecule has 7 heteroatoms. The zero-order valence-electron chi connectivity index (χ0n) is 2.47. The van der Waals surface area contributed by atoms with E-state index in [4.69, 9.17) is 16.0 Å². The quantitative estimate of drug-likeness (QED) is 0.426. The fourth-order valence-corrected chi connectivity index (χ4v) is 0. The summed E-state index contributed by atoms with van der Waals surface area (Å²) in [5.41, 5.74) is 0. The van der Waals surface area contributed by atoms with Crippen LogP contribution in [-0.4, -0.2) is 27.2 Å². The Balaban J connectivity index is -0.0000000800. The standard InChI is InChI=1S/Li.2Mn.2H2O.2O.H/h;;;2*1H2;;;/q;;+2;;;;;/p-2. The molecule has 42 valence electrons. The summed E-state index contributed by atoms with van der Waals surface area (Å²) < 4.78 is 31.8. The van der Waals surface area contributed by atoms with E-state index in [-0.39, 0.29) is 35.9 Å². The molecule has 4 nitrogen and oxygen atoms in total. The molecular weight excluding hydrogens is 181 g/mol. The average Bonchev–Trinajstić information content (AvgIpc) is 0.722. The van der Waals surface area contributed by atoms with E-state index in [1.807, 2.05) is 0 Å². The molecule has 0 aliphatic heterocycles. The first-order valence-corrected chi connectivity index (χ1v) is 2.67. The maximum absolute atomic E-state index is 8.80. The molecule has 0 saturated heterocycles. The second-order valence-electron chi connectivity index (χ2n) is 0.415. The van der Waals surface area contributed by atoms with Gasteiger partial charge in [-0.05, 0) is 0 Å². The Morgan fingerprint density at radius 1 is 1.14 bits per heavy atom. The Morgan fingerprint density at radius 2 is 1.14 bits per heavy atom. The molecule has 0 heterocycles. The predicted molar refractivity (Wildman–Crippen MR) is 13.0 cm³/mol. The van der Waals surface area contributed by atoms with Crippen LogP contribution in [0, 0.1) is 0 Å². The molecule has 2 N–H and O–H groups in total. The molecule has 0 aromatic carbocycles. The molecule has 0 unspecified atom stereocenters. The van der Waals surface area contributed by atoms with E-state index in [0.29, 0.717) is 0 Å². The molecule has 0 fully saturated rings. The van der Waals surface area contributed by atoms with Gasteiger partial charge in [-0.2, -0.15) is 0 Å². The third-order valence-corrected chi connectivity index (χ3v) is 0. The Bertz CT molecular complexity index is 92.9. The van der Waals surface area contributed by atoms with Crippen LogP contribution in [0.25, 0.3) is 0 Å². The molecule has 7 heavy (non-hydrogen) atoms. The summed E-state index contributed by atoms with van der Waals surface area (Å²) in [5.74, 6) is 0. The molecule has 0 bridgehead atoms. The average molecular weight is 184 g/mol. The van der Waals surface area contributed by atoms with Gasteiger partial charge >= 0.3 is 48.3 Å². The minimum atomic E-state index is -5.12. The SMILES string of the molecule is [LiH].[Mn].[O]=[Mn](=[O])([OH])[OH]. The van der Waals surface area contributed by atoms with Crippen LogP contribution in [0.3, 0.4) is 0 Å². The fourth-order valence-electron chi connectivity index (χ4n) is 0. The number of hydrogen-bond acceptors (Lipinski definition) is 2. The van der Waals surface area contributed by atoms with Crippen molar-refractivity contribution in [2.24, 2.45) is 0 Å². The van der Waals surface area contributed by atoms with Gasteiger partial charge in [0.05, 0.1) is 0 Å². The molecule has 0 aliphatic carbocycles. The van der Waals surface area contributed by atoms with Crippen molar-refractivity contribution in [3.63, 3.8) is 0 Å². The first-order valence-electron chi connectivity index (χ1n) is 0.647. The molecule has 0 saturated carbocycles. The van der Waals surface area contributed by atoms with Gasteiger partial charge in [-0.3, -0.25) is 0 Å². The molecular formula is H3LiMn2O4. The Kier molecular flexibility index (Phi) is 11.9. The summed E-state index contributed by atoms with van der Waals surface area (Å²) in [6, 6.07) is 0. The molecule has 0 aromatic rings. The van der Waals surface area contributed by atoms with Gasteiger partial charge in [-0.15, -0.1) is 0 Å². The van der Waals surface area contributed by atoms with Crippen LogP contribution in [0.2, 0.25) is 0 Å². The molecule has 1 radical (unpaired) electrons. The van der Waals surface area contributed by atoms with Crippen molar-refractivity contribution in [1.29, 1.82) is 0 Å². The van der Waals surface area contributed by atoms with E-state index in [0.717, 1.165) is 0 Å². The van der Waals surface area contributed by atoms with Crippen molar-refractivity contribution >= 4 is 18.9 Å². The first kappa shape index (κ1) is 15.7. The third-order valence-electron chi connectivity index (χ3n) is 0. The predicted octanol–water partition coefficient (Wildman–Crippen LogP) is -2.01. The van der Waals surface area contributed by atoms with E-state index in [1.54, 1.807) is 0 Å². The monoisotopic (exact) mass is 184 g/mol. The summed E-state index contributed by atoms with van der Waals surface area (Å²) in [5, 5.41) is 0. The minimum absolute atomic E-state index is 0. The van der Waals surface area contributed by atoms with Crippen LogP contribution in [0.15, 0.2) is 0 Å². The van der Waals surface area contributed by atoms with Crippen LogP contribution in [0.1, 0.15) is 0 Å². The maximum atomic E-state index is 8.80. The Hall–Kier alpha value is 1.16. The number of rotatable bonds is 0. The Labute approximate surface area is 65.2 Å². The zero-order chi connectivity index (χ0) is 4.50. The van der Waals surface area contributed by atoms with Gasteiger partial charge in [0.1, 0.15) is 0 Å². The van der Waals surface area contributed by atoms with E-state index < -0.39 is 13.4 Å². The van der Waals surface area contributed by atoms with Gasteiger partial charge in [0.2, 0.25) is 0 Å². The molecule has 0 rings (SSSR count). The molecule has 0 aliphatic rings. The van der Waals surface area contributed by atoms with Gasteiger partial charge in [0, 0.05) is 17.1 Å². The summed E-state index contributed by atoms with van der Waals surface area (Å²) in [6.07, 6.45) is 0. The molecule has 0 aromatic heterocycles. The van der Waals surface area contributed by atoms with Crippen molar-refractivity contribution in [2.75, 3.05) is 0 Å². The van der Waals surface area contributed by atoms with Gasteiger partial charge < -0.3 is 0 Å². The van der Waals surface area contributed by atoms with Crippen LogP contribution in [-0.2, 0) is 38.1 Å². The molecule has 0 spiro atoms. The summed E-state index contributed by atoms with van der Waals surface area (Å²) >= 11 is -5.12. The van der Waals surface area contributed by atoms with E-state index in [2.05, 4.69) is 0 Å².